The summed E-state index contributed by atoms with van der Waals surface area (Å²) in [6, 6.07) is 4.45. The average Bonchev–Trinajstić information content (AvgIpc) is 3.25. The molecule has 2 aliphatic rings. The standard InChI is InChI=1S/C20H23N3O7.ClH/c1-3-13-10-20(13,19(26)29-4-2)22-17(24)16-9-15(11-21-16)30-18(25)12-5-7-14(8-6-12)23(27)28;/h3,5-8,13,15-16,21H,1,4,9-11H2,2H3,(H,22,24);1H/t13-,15-,16+,20-;/m1./s1. The van der Waals surface area contributed by atoms with Crippen molar-refractivity contribution in [2.45, 2.75) is 37.5 Å². The van der Waals surface area contributed by atoms with E-state index in [1.807, 2.05) is 0 Å². The Bertz CT molecular complexity index is 876. The van der Waals surface area contributed by atoms with Gasteiger partial charge < -0.3 is 20.1 Å². The predicted octanol–water partition coefficient (Wildman–Crippen LogP) is 1.53. The minimum atomic E-state index is -1.08. The number of amides is 1. The summed E-state index contributed by atoms with van der Waals surface area (Å²) < 4.78 is 10.5. The number of nitro groups is 1. The Labute approximate surface area is 184 Å². The van der Waals surface area contributed by atoms with Crippen molar-refractivity contribution in [1.29, 1.82) is 0 Å². The molecule has 0 unspecified atom stereocenters. The van der Waals surface area contributed by atoms with Crippen molar-refractivity contribution in [3.05, 3.63) is 52.6 Å². The number of non-ortho nitro benzene ring substituents is 1. The van der Waals surface area contributed by atoms with Crippen molar-refractivity contribution in [3.63, 3.8) is 0 Å². The molecule has 168 valence electrons. The quantitative estimate of drug-likeness (QED) is 0.261. The number of hydrogen-bond donors (Lipinski definition) is 2. The van der Waals surface area contributed by atoms with Crippen molar-refractivity contribution in [3.8, 4) is 0 Å². The van der Waals surface area contributed by atoms with Crippen LogP contribution in [-0.4, -0.2) is 53.6 Å². The Hall–Kier alpha value is -2.98. The number of carbonyl (C=O) groups is 3. The lowest BCUT2D eigenvalue weighted by molar-refractivity contribution is -0.384. The highest BCUT2D eigenvalue weighted by Gasteiger charge is 2.61. The van der Waals surface area contributed by atoms with E-state index < -0.39 is 34.5 Å². The Morgan fingerprint density at radius 3 is 2.58 bits per heavy atom. The number of carbonyl (C=O) groups excluding carboxylic acids is 3. The molecule has 10 nitrogen and oxygen atoms in total. The molecule has 1 saturated carbocycles. The van der Waals surface area contributed by atoms with Gasteiger partial charge in [-0.2, -0.15) is 0 Å². The third-order valence-electron chi connectivity index (χ3n) is 5.28. The minimum Gasteiger partial charge on any atom is -0.464 e. The molecule has 1 amide bonds. The van der Waals surface area contributed by atoms with E-state index in [9.17, 15) is 24.5 Å². The first kappa shape index (κ1) is 24.3. The van der Waals surface area contributed by atoms with Gasteiger partial charge in [-0.3, -0.25) is 14.9 Å². The maximum Gasteiger partial charge on any atom is 0.338 e. The Balaban J connectivity index is 0.00000341. The highest BCUT2D eigenvalue weighted by atomic mass is 35.5. The summed E-state index contributed by atoms with van der Waals surface area (Å²) in [5.74, 6) is -1.67. The van der Waals surface area contributed by atoms with Gasteiger partial charge >= 0.3 is 11.9 Å². The molecule has 2 fully saturated rings. The van der Waals surface area contributed by atoms with Crippen LogP contribution in [0.2, 0.25) is 0 Å². The molecule has 1 aliphatic carbocycles. The zero-order valence-electron chi connectivity index (χ0n) is 16.9. The largest absolute Gasteiger partial charge is 0.464 e. The summed E-state index contributed by atoms with van der Waals surface area (Å²) in [4.78, 5) is 47.3. The predicted molar refractivity (Wildman–Crippen MR) is 112 cm³/mol. The lowest BCUT2D eigenvalue weighted by atomic mass is 10.1. The molecule has 0 aromatic heterocycles. The molecule has 0 spiro atoms. The van der Waals surface area contributed by atoms with Gasteiger partial charge in [-0.25, -0.2) is 9.59 Å². The van der Waals surface area contributed by atoms with Gasteiger partial charge in [0.1, 0.15) is 11.6 Å². The van der Waals surface area contributed by atoms with E-state index in [0.717, 1.165) is 0 Å². The van der Waals surface area contributed by atoms with Gasteiger partial charge in [-0.05, 0) is 25.5 Å². The Kier molecular flexibility index (Phi) is 7.75. The zero-order chi connectivity index (χ0) is 21.9. The maximum absolute atomic E-state index is 12.7. The van der Waals surface area contributed by atoms with Crippen LogP contribution in [0.3, 0.4) is 0 Å². The molecule has 2 N–H and O–H groups in total. The first-order valence-electron chi connectivity index (χ1n) is 9.61. The number of ether oxygens (including phenoxy) is 2. The molecule has 1 aromatic rings. The van der Waals surface area contributed by atoms with E-state index in [0.29, 0.717) is 6.42 Å². The van der Waals surface area contributed by atoms with Crippen molar-refractivity contribution >= 4 is 35.9 Å². The normalized spacial score (nSPS) is 26.2. The monoisotopic (exact) mass is 453 g/mol. The first-order chi connectivity index (χ1) is 14.3. The Morgan fingerprint density at radius 1 is 1.35 bits per heavy atom. The number of nitrogens with zero attached hydrogens (tertiary/aromatic N) is 1. The van der Waals surface area contributed by atoms with Crippen LogP contribution in [0.1, 0.15) is 30.1 Å². The topological polar surface area (TPSA) is 137 Å². The maximum atomic E-state index is 12.7. The number of esters is 2. The van der Waals surface area contributed by atoms with Crippen molar-refractivity contribution < 1.29 is 28.8 Å². The summed E-state index contributed by atoms with van der Waals surface area (Å²) in [6.45, 7) is 5.86. The molecule has 0 bridgehead atoms. The van der Waals surface area contributed by atoms with Crippen LogP contribution in [0.25, 0.3) is 0 Å². The molecular formula is C20H24ClN3O7. The summed E-state index contributed by atoms with van der Waals surface area (Å²) >= 11 is 0. The molecule has 1 heterocycles. The summed E-state index contributed by atoms with van der Waals surface area (Å²) in [7, 11) is 0. The van der Waals surface area contributed by atoms with Crippen molar-refractivity contribution in [2.24, 2.45) is 5.92 Å². The first-order valence-corrected chi connectivity index (χ1v) is 9.61. The van der Waals surface area contributed by atoms with E-state index in [4.69, 9.17) is 9.47 Å². The van der Waals surface area contributed by atoms with Crippen LogP contribution in [0, 0.1) is 16.0 Å². The number of nitrogens with one attached hydrogen (secondary N) is 2. The zero-order valence-corrected chi connectivity index (χ0v) is 17.7. The summed E-state index contributed by atoms with van der Waals surface area (Å²) in [6.07, 6.45) is 1.75. The van der Waals surface area contributed by atoms with Gasteiger partial charge in [-0.15, -0.1) is 19.0 Å². The van der Waals surface area contributed by atoms with Crippen molar-refractivity contribution in [1.82, 2.24) is 10.6 Å². The fraction of sp³-hybridized carbons (Fsp3) is 0.450. The van der Waals surface area contributed by atoms with Crippen LogP contribution >= 0.6 is 12.4 Å². The van der Waals surface area contributed by atoms with Gasteiger partial charge in [0, 0.05) is 31.0 Å². The van der Waals surface area contributed by atoms with Gasteiger partial charge in [0.05, 0.1) is 23.1 Å². The second kappa shape index (κ2) is 9.88. The fourth-order valence-electron chi connectivity index (χ4n) is 3.50. The van der Waals surface area contributed by atoms with E-state index in [2.05, 4.69) is 17.2 Å². The van der Waals surface area contributed by atoms with Crippen LogP contribution in [0.5, 0.6) is 0 Å². The molecule has 1 saturated heterocycles. The van der Waals surface area contributed by atoms with Crippen LogP contribution < -0.4 is 10.6 Å². The summed E-state index contributed by atoms with van der Waals surface area (Å²) in [5.41, 5.74) is -1.02. The highest BCUT2D eigenvalue weighted by molar-refractivity contribution is 5.94. The lowest BCUT2D eigenvalue weighted by Gasteiger charge is -2.20. The lowest BCUT2D eigenvalue weighted by Crippen LogP contribution is -2.51. The van der Waals surface area contributed by atoms with E-state index in [1.165, 1.54) is 24.3 Å². The van der Waals surface area contributed by atoms with E-state index in [-0.39, 0.29) is 55.1 Å². The van der Waals surface area contributed by atoms with Crippen LogP contribution in [-0.2, 0) is 19.1 Å². The Morgan fingerprint density at radius 2 is 2.03 bits per heavy atom. The molecule has 0 radical (unpaired) electrons. The molecule has 4 atom stereocenters. The van der Waals surface area contributed by atoms with Gasteiger partial charge in [0.15, 0.2) is 0 Å². The molecule has 11 heteroatoms. The minimum absolute atomic E-state index is 0. The second-order valence-electron chi connectivity index (χ2n) is 7.26. The number of benzene rings is 1. The smallest absolute Gasteiger partial charge is 0.338 e. The molecule has 31 heavy (non-hydrogen) atoms. The summed E-state index contributed by atoms with van der Waals surface area (Å²) in [5, 5.41) is 16.4. The average molecular weight is 454 g/mol. The SMILES string of the molecule is C=C[C@@H]1C[C@]1(NC(=O)[C@@H]1C[C@@H](OC(=O)c2ccc([N+](=O)[O-])cc2)CN1)C(=O)OCC.Cl. The molecule has 1 aliphatic heterocycles. The number of hydrogen-bond acceptors (Lipinski definition) is 8. The number of nitro benzene ring substituents is 1. The number of halogens is 1. The highest BCUT2D eigenvalue weighted by Crippen LogP contribution is 2.45. The molecule has 3 rings (SSSR count). The van der Waals surface area contributed by atoms with Gasteiger partial charge in [-0.1, -0.05) is 6.08 Å². The van der Waals surface area contributed by atoms with Crippen molar-refractivity contribution in [2.75, 3.05) is 13.2 Å². The van der Waals surface area contributed by atoms with Gasteiger partial charge in [0.2, 0.25) is 5.91 Å². The fourth-order valence-corrected chi connectivity index (χ4v) is 3.50. The number of rotatable bonds is 8. The third kappa shape index (κ3) is 5.20. The van der Waals surface area contributed by atoms with E-state index >= 15 is 0 Å². The molecule has 1 aromatic carbocycles. The van der Waals surface area contributed by atoms with Gasteiger partial charge in [0.25, 0.3) is 5.69 Å². The second-order valence-corrected chi connectivity index (χ2v) is 7.26. The van der Waals surface area contributed by atoms with Crippen LogP contribution in [0.15, 0.2) is 36.9 Å². The third-order valence-corrected chi connectivity index (χ3v) is 5.28. The van der Waals surface area contributed by atoms with E-state index in [1.54, 1.807) is 13.0 Å². The molecular weight excluding hydrogens is 430 g/mol. The van der Waals surface area contributed by atoms with Crippen LogP contribution in [0.4, 0.5) is 5.69 Å².